The minimum absolute atomic E-state index is 0.204. The van der Waals surface area contributed by atoms with E-state index in [9.17, 15) is 9.59 Å². The summed E-state index contributed by atoms with van der Waals surface area (Å²) in [5.41, 5.74) is 0.162. The molecule has 2 N–H and O–H groups in total. The smallest absolute Gasteiger partial charge is 0.348 e. The van der Waals surface area contributed by atoms with E-state index in [4.69, 9.17) is 10.4 Å². The molecule has 2 aromatic rings. The number of para-hydroxylation sites is 1. The molecule has 0 fully saturated rings. The van der Waals surface area contributed by atoms with Crippen molar-refractivity contribution in [1.82, 2.24) is 14.8 Å². The highest BCUT2D eigenvalue weighted by Gasteiger charge is 2.14. The van der Waals surface area contributed by atoms with Gasteiger partial charge in [-0.3, -0.25) is 4.79 Å². The van der Waals surface area contributed by atoms with E-state index in [1.54, 1.807) is 24.3 Å². The van der Waals surface area contributed by atoms with Crippen molar-refractivity contribution in [3.05, 3.63) is 40.3 Å². The van der Waals surface area contributed by atoms with Gasteiger partial charge in [0.05, 0.1) is 17.0 Å². The number of nitrogens with zero attached hydrogens (tertiary/aromatic N) is 3. The van der Waals surface area contributed by atoms with Crippen LogP contribution in [0.2, 0.25) is 0 Å². The number of carboxylic acid groups (broad SMARTS) is 1. The highest BCUT2D eigenvalue weighted by Crippen LogP contribution is 2.19. The molecule has 19 heavy (non-hydrogen) atoms. The van der Waals surface area contributed by atoms with Crippen molar-refractivity contribution in [1.29, 1.82) is 5.26 Å². The number of aromatic nitrogens is 3. The van der Waals surface area contributed by atoms with Crippen molar-refractivity contribution in [3.63, 3.8) is 0 Å². The van der Waals surface area contributed by atoms with Crippen LogP contribution in [0.25, 0.3) is 5.69 Å². The molecular formula is C11H8N4O3S. The van der Waals surface area contributed by atoms with Gasteiger partial charge >= 0.3 is 11.7 Å². The Kier molecular flexibility index (Phi) is 3.68. The molecule has 1 aromatic carbocycles. The van der Waals surface area contributed by atoms with Crippen LogP contribution in [0.5, 0.6) is 0 Å². The second kappa shape index (κ2) is 5.41. The molecule has 0 bridgehead atoms. The topological polar surface area (TPSA) is 112 Å². The van der Waals surface area contributed by atoms with Gasteiger partial charge in [-0.1, -0.05) is 23.9 Å². The monoisotopic (exact) mass is 276 g/mol. The molecule has 0 amide bonds. The Morgan fingerprint density at radius 2 is 2.26 bits per heavy atom. The first kappa shape index (κ1) is 12.9. The van der Waals surface area contributed by atoms with Gasteiger partial charge in [-0.2, -0.15) is 5.26 Å². The van der Waals surface area contributed by atoms with Gasteiger partial charge in [0.15, 0.2) is 5.16 Å². The lowest BCUT2D eigenvalue weighted by atomic mass is 10.2. The summed E-state index contributed by atoms with van der Waals surface area (Å²) in [6.07, 6.45) is 0. The van der Waals surface area contributed by atoms with E-state index >= 15 is 0 Å². The molecule has 1 heterocycles. The maximum absolute atomic E-state index is 11.7. The third kappa shape index (κ3) is 2.66. The molecule has 1 aromatic heterocycles. The molecule has 0 aliphatic carbocycles. The number of hydrogen-bond donors (Lipinski definition) is 2. The summed E-state index contributed by atoms with van der Waals surface area (Å²) in [7, 11) is 0. The maximum Gasteiger partial charge on any atom is 0.348 e. The quantitative estimate of drug-likeness (QED) is 0.791. The molecule has 2 rings (SSSR count). The first-order valence-electron chi connectivity index (χ1n) is 5.15. The number of nitrogens with one attached hydrogen (secondary N) is 1. The third-order valence-corrected chi connectivity index (χ3v) is 3.16. The lowest BCUT2D eigenvalue weighted by molar-refractivity contribution is -0.133. The van der Waals surface area contributed by atoms with Gasteiger partial charge in [-0.05, 0) is 12.1 Å². The van der Waals surface area contributed by atoms with E-state index < -0.39 is 11.7 Å². The zero-order chi connectivity index (χ0) is 13.8. The first-order valence-corrected chi connectivity index (χ1v) is 6.13. The number of hydrogen-bond acceptors (Lipinski definition) is 5. The number of thioether (sulfide) groups is 1. The number of H-pyrrole nitrogens is 1. The molecule has 0 unspecified atom stereocenters. The molecule has 8 heteroatoms. The number of carbonyl (C=O) groups is 1. The van der Waals surface area contributed by atoms with E-state index in [1.807, 2.05) is 6.07 Å². The molecule has 0 saturated carbocycles. The highest BCUT2D eigenvalue weighted by molar-refractivity contribution is 7.99. The highest BCUT2D eigenvalue weighted by atomic mass is 32.2. The zero-order valence-electron chi connectivity index (χ0n) is 9.53. The van der Waals surface area contributed by atoms with Gasteiger partial charge in [0.1, 0.15) is 6.07 Å². The summed E-state index contributed by atoms with van der Waals surface area (Å²) < 4.78 is 1.19. The average molecular weight is 276 g/mol. The predicted octanol–water partition coefficient (Wildman–Crippen LogP) is 0.609. The van der Waals surface area contributed by atoms with Crippen molar-refractivity contribution in [2.45, 2.75) is 5.16 Å². The van der Waals surface area contributed by atoms with Gasteiger partial charge in [0, 0.05) is 0 Å². The average Bonchev–Trinajstić information content (AvgIpc) is 2.77. The summed E-state index contributed by atoms with van der Waals surface area (Å²) >= 11 is 0.902. The van der Waals surface area contributed by atoms with Crippen LogP contribution >= 0.6 is 11.8 Å². The Morgan fingerprint density at radius 1 is 1.53 bits per heavy atom. The van der Waals surface area contributed by atoms with E-state index in [0.29, 0.717) is 11.3 Å². The molecule has 0 aliphatic rings. The Balaban J connectivity index is 2.50. The van der Waals surface area contributed by atoms with Crippen LogP contribution in [0, 0.1) is 11.3 Å². The fourth-order valence-corrected chi connectivity index (χ4v) is 2.15. The Hall–Kier alpha value is -2.53. The van der Waals surface area contributed by atoms with Crippen molar-refractivity contribution in [2.75, 3.05) is 5.75 Å². The Labute approximate surface area is 111 Å². The van der Waals surface area contributed by atoms with Crippen molar-refractivity contribution < 1.29 is 9.90 Å². The second-order valence-electron chi connectivity index (χ2n) is 3.46. The van der Waals surface area contributed by atoms with Crippen molar-refractivity contribution in [2.24, 2.45) is 0 Å². The summed E-state index contributed by atoms with van der Waals surface area (Å²) in [6.45, 7) is 0. The van der Waals surface area contributed by atoms with E-state index in [1.165, 1.54) is 4.57 Å². The Morgan fingerprint density at radius 3 is 2.95 bits per heavy atom. The lowest BCUT2D eigenvalue weighted by Crippen LogP contribution is -2.17. The van der Waals surface area contributed by atoms with E-state index in [0.717, 1.165) is 11.8 Å². The number of carboxylic acids is 1. The summed E-state index contributed by atoms with van der Waals surface area (Å²) in [5.74, 6) is -1.24. The normalized spacial score (nSPS) is 10.1. The minimum atomic E-state index is -1.01. The SMILES string of the molecule is N#Cc1ccccc1-n1c(SCC(=O)O)n[nH]c1=O. The number of aromatic amines is 1. The second-order valence-corrected chi connectivity index (χ2v) is 4.40. The van der Waals surface area contributed by atoms with Gasteiger partial charge in [-0.25, -0.2) is 14.5 Å². The van der Waals surface area contributed by atoms with Crippen LogP contribution in [0.4, 0.5) is 0 Å². The van der Waals surface area contributed by atoms with Crippen LogP contribution < -0.4 is 5.69 Å². The van der Waals surface area contributed by atoms with E-state index in [-0.39, 0.29) is 10.9 Å². The van der Waals surface area contributed by atoms with Gasteiger partial charge in [0.25, 0.3) is 0 Å². The van der Waals surface area contributed by atoms with Crippen LogP contribution in [0.3, 0.4) is 0 Å². The van der Waals surface area contributed by atoms with E-state index in [2.05, 4.69) is 10.2 Å². The molecule has 0 atom stereocenters. The molecule has 0 saturated heterocycles. The fourth-order valence-electron chi connectivity index (χ4n) is 1.48. The Bertz CT molecular complexity index is 713. The summed E-state index contributed by atoms with van der Waals surface area (Å²) in [6, 6.07) is 8.50. The largest absolute Gasteiger partial charge is 0.481 e. The van der Waals surface area contributed by atoms with Gasteiger partial charge < -0.3 is 5.11 Å². The molecule has 0 aliphatic heterocycles. The lowest BCUT2D eigenvalue weighted by Gasteiger charge is -2.05. The molecule has 96 valence electrons. The molecule has 7 nitrogen and oxygen atoms in total. The van der Waals surface area contributed by atoms with Gasteiger partial charge in [-0.15, -0.1) is 5.10 Å². The predicted molar refractivity (Wildman–Crippen MR) is 67.3 cm³/mol. The van der Waals surface area contributed by atoms with Crippen LogP contribution in [0.15, 0.2) is 34.2 Å². The molecule has 0 spiro atoms. The van der Waals surface area contributed by atoms with Crippen molar-refractivity contribution >= 4 is 17.7 Å². The van der Waals surface area contributed by atoms with Gasteiger partial charge in [0.2, 0.25) is 0 Å². The minimum Gasteiger partial charge on any atom is -0.481 e. The van der Waals surface area contributed by atoms with Crippen LogP contribution in [0.1, 0.15) is 5.56 Å². The standard InChI is InChI=1S/C11H8N4O3S/c12-5-7-3-1-2-4-8(7)15-10(18)13-14-11(15)19-6-9(16)17/h1-4H,6H2,(H,13,18)(H,16,17). The molecular weight excluding hydrogens is 268 g/mol. The fraction of sp³-hybridized carbons (Fsp3) is 0.0909. The van der Waals surface area contributed by atoms with Crippen LogP contribution in [-0.2, 0) is 4.79 Å². The third-order valence-electron chi connectivity index (χ3n) is 2.23. The zero-order valence-corrected chi connectivity index (χ0v) is 10.3. The number of nitriles is 1. The summed E-state index contributed by atoms with van der Waals surface area (Å²) in [4.78, 5) is 22.3. The maximum atomic E-state index is 11.7. The summed E-state index contributed by atoms with van der Waals surface area (Å²) in [5, 5.41) is 23.9. The van der Waals surface area contributed by atoms with Crippen LogP contribution in [-0.4, -0.2) is 31.6 Å². The number of rotatable bonds is 4. The number of aliphatic carboxylic acids is 1. The first-order chi connectivity index (χ1) is 9.13. The van der Waals surface area contributed by atoms with Crippen molar-refractivity contribution in [3.8, 4) is 11.8 Å². The number of benzene rings is 1. The molecule has 0 radical (unpaired) electrons.